The lowest BCUT2D eigenvalue weighted by Crippen LogP contribution is -1.80. The second kappa shape index (κ2) is 3.44. The molecule has 0 aliphatic heterocycles. The predicted octanol–water partition coefficient (Wildman–Crippen LogP) is 3.22. The first-order chi connectivity index (χ1) is 4.09. The van der Waals surface area contributed by atoms with Gasteiger partial charge in [-0.2, -0.15) is 0 Å². The van der Waals surface area contributed by atoms with Crippen LogP contribution in [0.1, 0.15) is 27.2 Å². The van der Waals surface area contributed by atoms with E-state index in [0.717, 1.165) is 12.0 Å². The Hall–Kier alpha value is -0.590. The summed E-state index contributed by atoms with van der Waals surface area (Å²) in [5, 5.41) is 0. The summed E-state index contributed by atoms with van der Waals surface area (Å²) in [6, 6.07) is 0. The molecule has 0 saturated heterocycles. The minimum absolute atomic E-state index is 0.141. The molecule has 0 radical (unpaired) electrons. The average molecular weight is 128 g/mol. The molecule has 0 amide bonds. The van der Waals surface area contributed by atoms with E-state index in [9.17, 15) is 4.39 Å². The molecule has 0 bridgehead atoms. The topological polar surface area (TPSA) is 0 Å². The first kappa shape index (κ1) is 8.41. The van der Waals surface area contributed by atoms with Gasteiger partial charge < -0.3 is 0 Å². The van der Waals surface area contributed by atoms with Crippen molar-refractivity contribution in [2.75, 3.05) is 0 Å². The smallest absolute Gasteiger partial charge is 0.124 e. The molecular formula is C8H13F. The Morgan fingerprint density at radius 2 is 1.89 bits per heavy atom. The Kier molecular flexibility index (Phi) is 3.21. The van der Waals surface area contributed by atoms with Crippen LogP contribution in [0.2, 0.25) is 0 Å². The highest BCUT2D eigenvalue weighted by atomic mass is 19.1. The maximum Gasteiger partial charge on any atom is 0.124 e. The van der Waals surface area contributed by atoms with Crippen LogP contribution in [-0.2, 0) is 0 Å². The third kappa shape index (κ3) is 2.45. The van der Waals surface area contributed by atoms with Crippen molar-refractivity contribution in [3.05, 3.63) is 23.6 Å². The Bertz CT molecular complexity index is 143. The normalized spacial score (nSPS) is 12.9. The number of allylic oxidation sites excluding steroid dienone is 3. The van der Waals surface area contributed by atoms with E-state index in [1.165, 1.54) is 0 Å². The SMILES string of the molecule is C=C(C)/C(F)=C(\C)CC. The standard InChI is InChI=1S/C8H13F/c1-5-7(4)8(9)6(2)3/h2,5H2,1,3-4H3/b8-7-. The van der Waals surface area contributed by atoms with E-state index < -0.39 is 0 Å². The Balaban J connectivity index is 4.28. The molecule has 0 spiro atoms. The van der Waals surface area contributed by atoms with E-state index in [2.05, 4.69) is 6.58 Å². The lowest BCUT2D eigenvalue weighted by Gasteiger charge is -1.98. The van der Waals surface area contributed by atoms with Gasteiger partial charge in [-0.25, -0.2) is 4.39 Å². The predicted molar refractivity (Wildman–Crippen MR) is 38.9 cm³/mol. The molecule has 0 aromatic heterocycles. The molecule has 0 atom stereocenters. The molecular weight excluding hydrogens is 115 g/mol. The zero-order chi connectivity index (χ0) is 7.44. The molecule has 0 heterocycles. The largest absolute Gasteiger partial charge is 0.207 e. The highest BCUT2D eigenvalue weighted by Gasteiger charge is 1.97. The van der Waals surface area contributed by atoms with E-state index in [-0.39, 0.29) is 5.83 Å². The number of rotatable bonds is 2. The minimum Gasteiger partial charge on any atom is -0.207 e. The molecule has 0 fully saturated rings. The van der Waals surface area contributed by atoms with Gasteiger partial charge in [0.15, 0.2) is 0 Å². The van der Waals surface area contributed by atoms with Crippen molar-refractivity contribution < 1.29 is 4.39 Å². The molecule has 0 aromatic carbocycles. The third-order valence-corrected chi connectivity index (χ3v) is 1.28. The van der Waals surface area contributed by atoms with Crippen LogP contribution in [0, 0.1) is 0 Å². The molecule has 1 heteroatoms. The highest BCUT2D eigenvalue weighted by molar-refractivity contribution is 5.24. The fraction of sp³-hybridized carbons (Fsp3) is 0.500. The van der Waals surface area contributed by atoms with Gasteiger partial charge in [0.2, 0.25) is 0 Å². The number of hydrogen-bond acceptors (Lipinski definition) is 0. The van der Waals surface area contributed by atoms with Gasteiger partial charge in [-0.15, -0.1) is 0 Å². The van der Waals surface area contributed by atoms with Gasteiger partial charge in [-0.05, 0) is 31.4 Å². The summed E-state index contributed by atoms with van der Waals surface area (Å²) < 4.78 is 12.7. The van der Waals surface area contributed by atoms with Crippen molar-refractivity contribution in [2.24, 2.45) is 0 Å². The third-order valence-electron chi connectivity index (χ3n) is 1.28. The van der Waals surface area contributed by atoms with Gasteiger partial charge in [-0.3, -0.25) is 0 Å². The average Bonchev–Trinajstić information content (AvgIpc) is 1.84. The van der Waals surface area contributed by atoms with Crippen LogP contribution in [0.3, 0.4) is 0 Å². The van der Waals surface area contributed by atoms with Crippen molar-refractivity contribution in [1.82, 2.24) is 0 Å². The van der Waals surface area contributed by atoms with Crippen LogP contribution < -0.4 is 0 Å². The van der Waals surface area contributed by atoms with Crippen molar-refractivity contribution in [2.45, 2.75) is 27.2 Å². The van der Waals surface area contributed by atoms with E-state index in [1.54, 1.807) is 13.8 Å². The van der Waals surface area contributed by atoms with Gasteiger partial charge in [-0.1, -0.05) is 13.5 Å². The molecule has 0 unspecified atom stereocenters. The fourth-order valence-electron chi connectivity index (χ4n) is 0.519. The van der Waals surface area contributed by atoms with Crippen LogP contribution in [-0.4, -0.2) is 0 Å². The zero-order valence-corrected chi connectivity index (χ0v) is 6.29. The summed E-state index contributed by atoms with van der Waals surface area (Å²) in [5.41, 5.74) is 1.30. The molecule has 0 rings (SSSR count). The Morgan fingerprint density at radius 3 is 2.00 bits per heavy atom. The first-order valence-electron chi connectivity index (χ1n) is 3.10. The van der Waals surface area contributed by atoms with Crippen molar-refractivity contribution in [3.8, 4) is 0 Å². The maximum atomic E-state index is 12.7. The summed E-state index contributed by atoms with van der Waals surface area (Å²) in [4.78, 5) is 0. The Labute approximate surface area is 56.1 Å². The van der Waals surface area contributed by atoms with Crippen LogP contribution in [0.15, 0.2) is 23.6 Å². The van der Waals surface area contributed by atoms with E-state index in [0.29, 0.717) is 5.57 Å². The molecule has 0 nitrogen and oxygen atoms in total. The second-order valence-corrected chi connectivity index (χ2v) is 2.23. The zero-order valence-electron chi connectivity index (χ0n) is 6.29. The summed E-state index contributed by atoms with van der Waals surface area (Å²) >= 11 is 0. The second-order valence-electron chi connectivity index (χ2n) is 2.23. The molecule has 52 valence electrons. The van der Waals surface area contributed by atoms with Crippen molar-refractivity contribution in [3.63, 3.8) is 0 Å². The summed E-state index contributed by atoms with van der Waals surface area (Å²) in [7, 11) is 0. The van der Waals surface area contributed by atoms with Crippen molar-refractivity contribution >= 4 is 0 Å². The van der Waals surface area contributed by atoms with Gasteiger partial charge >= 0.3 is 0 Å². The van der Waals surface area contributed by atoms with Gasteiger partial charge in [0, 0.05) is 0 Å². The lowest BCUT2D eigenvalue weighted by molar-refractivity contribution is 0.634. The van der Waals surface area contributed by atoms with Crippen LogP contribution in [0.4, 0.5) is 4.39 Å². The summed E-state index contributed by atoms with van der Waals surface area (Å²) in [5.74, 6) is -0.141. The van der Waals surface area contributed by atoms with E-state index in [1.807, 2.05) is 6.92 Å². The molecule has 9 heavy (non-hydrogen) atoms. The first-order valence-corrected chi connectivity index (χ1v) is 3.10. The van der Waals surface area contributed by atoms with Crippen LogP contribution in [0.25, 0.3) is 0 Å². The monoisotopic (exact) mass is 128 g/mol. The van der Waals surface area contributed by atoms with Crippen LogP contribution in [0.5, 0.6) is 0 Å². The fourth-order valence-corrected chi connectivity index (χ4v) is 0.519. The molecule has 0 aromatic rings. The van der Waals surface area contributed by atoms with E-state index >= 15 is 0 Å². The summed E-state index contributed by atoms with van der Waals surface area (Å²) in [6.45, 7) is 8.88. The quantitative estimate of drug-likeness (QED) is 0.501. The van der Waals surface area contributed by atoms with Crippen LogP contribution >= 0.6 is 0 Å². The lowest BCUT2D eigenvalue weighted by atomic mass is 10.1. The molecule has 0 aliphatic rings. The number of hydrogen-bond donors (Lipinski definition) is 0. The highest BCUT2D eigenvalue weighted by Crippen LogP contribution is 2.15. The van der Waals surface area contributed by atoms with E-state index in [4.69, 9.17) is 0 Å². The Morgan fingerprint density at radius 1 is 1.44 bits per heavy atom. The van der Waals surface area contributed by atoms with Gasteiger partial charge in [0.25, 0.3) is 0 Å². The van der Waals surface area contributed by atoms with Gasteiger partial charge in [0.05, 0.1) is 0 Å². The van der Waals surface area contributed by atoms with Crippen molar-refractivity contribution in [1.29, 1.82) is 0 Å². The molecule has 0 N–H and O–H groups in total. The summed E-state index contributed by atoms with van der Waals surface area (Å²) in [6.07, 6.45) is 0.763. The minimum atomic E-state index is -0.141. The molecule has 0 aliphatic carbocycles. The maximum absolute atomic E-state index is 12.7. The molecule has 0 saturated carbocycles. The number of halogens is 1. The van der Waals surface area contributed by atoms with Gasteiger partial charge in [0.1, 0.15) is 5.83 Å².